The molecule has 0 heterocycles. The van der Waals surface area contributed by atoms with E-state index in [2.05, 4.69) is 26.0 Å². The summed E-state index contributed by atoms with van der Waals surface area (Å²) in [5.41, 5.74) is 0.905. The zero-order valence-corrected chi connectivity index (χ0v) is 23.2. The van der Waals surface area contributed by atoms with Crippen molar-refractivity contribution >= 4 is 11.9 Å². The van der Waals surface area contributed by atoms with Gasteiger partial charge in [0.15, 0.2) is 0 Å². The highest BCUT2D eigenvalue weighted by Gasteiger charge is 2.23. The topological polar surface area (TPSA) is 61.8 Å². The molecule has 0 aliphatic heterocycles. The molecule has 5 heteroatoms. The number of carbonyl (C=O) groups is 2. The SMILES string of the molecule is CCC/C=C/[C@H]1CC[C@H](OC(=O)c2ccc(OC(=O)c3ccc(OCCCCCCCC)cc3)cc2)CC1. The Morgan fingerprint density at radius 3 is 2.00 bits per heavy atom. The molecular formula is C33H44O5. The molecule has 3 rings (SSSR count). The summed E-state index contributed by atoms with van der Waals surface area (Å²) < 4.78 is 17.0. The lowest BCUT2D eigenvalue weighted by atomic mass is 9.87. The van der Waals surface area contributed by atoms with Gasteiger partial charge in [-0.25, -0.2) is 9.59 Å². The van der Waals surface area contributed by atoms with E-state index in [1.807, 2.05) is 0 Å². The number of carbonyl (C=O) groups excluding carboxylic acids is 2. The molecule has 0 spiro atoms. The smallest absolute Gasteiger partial charge is 0.343 e. The predicted molar refractivity (Wildman–Crippen MR) is 152 cm³/mol. The van der Waals surface area contributed by atoms with Crippen LogP contribution < -0.4 is 9.47 Å². The molecule has 0 radical (unpaired) electrons. The van der Waals surface area contributed by atoms with Gasteiger partial charge in [0.1, 0.15) is 17.6 Å². The first-order chi connectivity index (χ1) is 18.6. The van der Waals surface area contributed by atoms with Gasteiger partial charge in [-0.2, -0.15) is 0 Å². The van der Waals surface area contributed by atoms with Crippen LogP contribution in [0.5, 0.6) is 11.5 Å². The summed E-state index contributed by atoms with van der Waals surface area (Å²) in [6.45, 7) is 5.09. The van der Waals surface area contributed by atoms with E-state index in [1.54, 1.807) is 48.5 Å². The third-order valence-corrected chi connectivity index (χ3v) is 7.01. The molecule has 38 heavy (non-hydrogen) atoms. The number of ether oxygens (including phenoxy) is 3. The fraction of sp³-hybridized carbons (Fsp3) is 0.515. The van der Waals surface area contributed by atoms with E-state index in [-0.39, 0.29) is 12.1 Å². The van der Waals surface area contributed by atoms with Gasteiger partial charge in [0.25, 0.3) is 0 Å². The number of allylic oxidation sites excluding steroid dienone is 2. The van der Waals surface area contributed by atoms with Crippen LogP contribution in [-0.4, -0.2) is 24.6 Å². The number of unbranched alkanes of at least 4 members (excludes halogenated alkanes) is 6. The number of hydrogen-bond donors (Lipinski definition) is 0. The molecule has 5 nitrogen and oxygen atoms in total. The van der Waals surface area contributed by atoms with Crippen LogP contribution in [0.15, 0.2) is 60.7 Å². The predicted octanol–water partition coefficient (Wildman–Crippen LogP) is 8.72. The quantitative estimate of drug-likeness (QED) is 0.102. The minimum absolute atomic E-state index is 0.0337. The van der Waals surface area contributed by atoms with Gasteiger partial charge in [-0.15, -0.1) is 0 Å². The maximum atomic E-state index is 12.6. The summed E-state index contributed by atoms with van der Waals surface area (Å²) in [7, 11) is 0. The molecule has 0 amide bonds. The van der Waals surface area contributed by atoms with Gasteiger partial charge in [0.05, 0.1) is 17.7 Å². The molecule has 0 bridgehead atoms. The lowest BCUT2D eigenvalue weighted by Crippen LogP contribution is -2.24. The monoisotopic (exact) mass is 520 g/mol. The van der Waals surface area contributed by atoms with Gasteiger partial charge in [0, 0.05) is 0 Å². The van der Waals surface area contributed by atoms with Crippen molar-refractivity contribution in [1.82, 2.24) is 0 Å². The third kappa shape index (κ3) is 10.4. The molecule has 1 aliphatic rings. The van der Waals surface area contributed by atoms with Crippen LogP contribution in [0, 0.1) is 5.92 Å². The van der Waals surface area contributed by atoms with Crippen LogP contribution in [0.3, 0.4) is 0 Å². The van der Waals surface area contributed by atoms with Crippen LogP contribution in [-0.2, 0) is 4.74 Å². The molecule has 1 fully saturated rings. The first-order valence-electron chi connectivity index (χ1n) is 14.5. The van der Waals surface area contributed by atoms with Crippen LogP contribution >= 0.6 is 0 Å². The molecule has 2 aromatic rings. The van der Waals surface area contributed by atoms with Crippen molar-refractivity contribution in [3.63, 3.8) is 0 Å². The molecule has 0 aromatic heterocycles. The third-order valence-electron chi connectivity index (χ3n) is 7.01. The molecule has 0 N–H and O–H groups in total. The fourth-order valence-electron chi connectivity index (χ4n) is 4.66. The van der Waals surface area contributed by atoms with E-state index in [9.17, 15) is 9.59 Å². The van der Waals surface area contributed by atoms with Gasteiger partial charge < -0.3 is 14.2 Å². The Morgan fingerprint density at radius 2 is 1.34 bits per heavy atom. The Bertz CT molecular complexity index is 985. The highest BCUT2D eigenvalue weighted by molar-refractivity contribution is 5.92. The van der Waals surface area contributed by atoms with E-state index in [0.717, 1.165) is 44.3 Å². The van der Waals surface area contributed by atoms with E-state index >= 15 is 0 Å². The first kappa shape index (κ1) is 29.5. The molecule has 0 unspecified atom stereocenters. The summed E-state index contributed by atoms with van der Waals surface area (Å²) in [5, 5.41) is 0. The zero-order chi connectivity index (χ0) is 27.0. The minimum atomic E-state index is -0.451. The Labute approximate surface area is 228 Å². The second-order valence-electron chi connectivity index (χ2n) is 10.2. The second kappa shape index (κ2) is 16.7. The molecular weight excluding hydrogens is 476 g/mol. The molecule has 1 aliphatic carbocycles. The van der Waals surface area contributed by atoms with Crippen molar-refractivity contribution in [3.05, 3.63) is 71.8 Å². The standard InChI is InChI=1S/C33H44O5/c1-3-5-7-8-9-11-25-36-29-21-15-27(16-22-29)32(34)38-31-23-17-28(18-24-31)33(35)37-30-19-13-26(14-20-30)12-10-6-4-2/h10,12,15-18,21-24,26,30H,3-9,11,13-14,19-20,25H2,1-2H3/b12-10+/t26-,30-. The molecule has 206 valence electrons. The minimum Gasteiger partial charge on any atom is -0.494 e. The van der Waals surface area contributed by atoms with Crippen molar-refractivity contribution in [1.29, 1.82) is 0 Å². The highest BCUT2D eigenvalue weighted by Crippen LogP contribution is 2.28. The second-order valence-corrected chi connectivity index (χ2v) is 10.2. The van der Waals surface area contributed by atoms with Crippen molar-refractivity contribution in [2.24, 2.45) is 5.92 Å². The number of esters is 2. The Kier molecular flexibility index (Phi) is 13.0. The van der Waals surface area contributed by atoms with Crippen LogP contribution in [0.1, 0.15) is 112 Å². The first-order valence-corrected chi connectivity index (χ1v) is 14.5. The van der Waals surface area contributed by atoms with Crippen LogP contribution in [0.4, 0.5) is 0 Å². The largest absolute Gasteiger partial charge is 0.494 e. The van der Waals surface area contributed by atoms with Crippen molar-refractivity contribution in [2.75, 3.05) is 6.61 Å². The van der Waals surface area contributed by atoms with Gasteiger partial charge in [-0.3, -0.25) is 0 Å². The summed E-state index contributed by atoms with van der Waals surface area (Å²) in [6, 6.07) is 13.5. The highest BCUT2D eigenvalue weighted by atomic mass is 16.5. The number of hydrogen-bond acceptors (Lipinski definition) is 5. The Balaban J connectivity index is 1.38. The Hall–Kier alpha value is -3.08. The lowest BCUT2D eigenvalue weighted by Gasteiger charge is -2.26. The van der Waals surface area contributed by atoms with Gasteiger partial charge in [-0.1, -0.05) is 64.5 Å². The summed E-state index contributed by atoms with van der Waals surface area (Å²) in [6.07, 6.45) is 18.1. The van der Waals surface area contributed by atoms with E-state index < -0.39 is 5.97 Å². The van der Waals surface area contributed by atoms with E-state index in [0.29, 0.717) is 29.4 Å². The van der Waals surface area contributed by atoms with E-state index in [1.165, 1.54) is 38.5 Å². The fourth-order valence-corrected chi connectivity index (χ4v) is 4.66. The lowest BCUT2D eigenvalue weighted by molar-refractivity contribution is 0.0184. The van der Waals surface area contributed by atoms with Crippen molar-refractivity contribution in [2.45, 2.75) is 97.0 Å². The number of benzene rings is 2. The van der Waals surface area contributed by atoms with Gasteiger partial charge in [-0.05, 0) is 93.0 Å². The van der Waals surface area contributed by atoms with Gasteiger partial charge in [0.2, 0.25) is 0 Å². The molecule has 0 saturated heterocycles. The normalized spacial score (nSPS) is 17.3. The summed E-state index contributed by atoms with van der Waals surface area (Å²) >= 11 is 0. The zero-order valence-electron chi connectivity index (χ0n) is 23.2. The summed E-state index contributed by atoms with van der Waals surface area (Å²) in [5.74, 6) is 0.949. The van der Waals surface area contributed by atoms with Crippen molar-refractivity contribution < 1.29 is 23.8 Å². The average molecular weight is 521 g/mol. The Morgan fingerprint density at radius 1 is 0.737 bits per heavy atom. The van der Waals surface area contributed by atoms with Crippen LogP contribution in [0.2, 0.25) is 0 Å². The maximum absolute atomic E-state index is 12.6. The van der Waals surface area contributed by atoms with E-state index in [4.69, 9.17) is 14.2 Å². The molecule has 2 aromatic carbocycles. The average Bonchev–Trinajstić information content (AvgIpc) is 2.94. The molecule has 0 atom stereocenters. The van der Waals surface area contributed by atoms with Gasteiger partial charge >= 0.3 is 11.9 Å². The van der Waals surface area contributed by atoms with Crippen LogP contribution in [0.25, 0.3) is 0 Å². The summed E-state index contributed by atoms with van der Waals surface area (Å²) in [4.78, 5) is 25.1. The van der Waals surface area contributed by atoms with Crippen molar-refractivity contribution in [3.8, 4) is 11.5 Å². The number of rotatable bonds is 15. The maximum Gasteiger partial charge on any atom is 0.343 e. The molecule has 1 saturated carbocycles.